The first-order chi connectivity index (χ1) is 6.85. The monoisotopic (exact) mass is 216 g/mol. The van der Waals surface area contributed by atoms with Crippen molar-refractivity contribution < 1.29 is 9.53 Å². The second kappa shape index (κ2) is 6.80. The largest absolute Gasteiger partial charge is 0.377 e. The van der Waals surface area contributed by atoms with Crippen molar-refractivity contribution >= 4 is 5.91 Å². The lowest BCUT2D eigenvalue weighted by atomic mass is 10.1. The van der Waals surface area contributed by atoms with Crippen LogP contribution in [0, 0.1) is 0 Å². The van der Waals surface area contributed by atoms with E-state index >= 15 is 0 Å². The fourth-order valence-electron chi connectivity index (χ4n) is 1.01. The van der Waals surface area contributed by atoms with E-state index in [1.54, 1.807) is 0 Å². The molecule has 0 aliphatic rings. The molecule has 0 aromatic carbocycles. The highest BCUT2D eigenvalue weighted by Gasteiger charge is 2.11. The average molecular weight is 216 g/mol. The van der Waals surface area contributed by atoms with Crippen LogP contribution in [0.1, 0.15) is 34.6 Å². The molecule has 0 fully saturated rings. The summed E-state index contributed by atoms with van der Waals surface area (Å²) < 4.78 is 5.30. The molecule has 0 bridgehead atoms. The summed E-state index contributed by atoms with van der Waals surface area (Å²) in [6, 6.07) is 0. The molecule has 0 aliphatic carbocycles. The van der Waals surface area contributed by atoms with Gasteiger partial charge in [0.15, 0.2) is 0 Å². The van der Waals surface area contributed by atoms with Gasteiger partial charge in [-0.05, 0) is 34.6 Å². The van der Waals surface area contributed by atoms with Gasteiger partial charge in [-0.3, -0.25) is 4.79 Å². The van der Waals surface area contributed by atoms with Crippen LogP contribution in [-0.4, -0.2) is 37.2 Å². The van der Waals surface area contributed by atoms with E-state index in [4.69, 9.17) is 4.74 Å². The van der Waals surface area contributed by atoms with E-state index in [0.29, 0.717) is 19.7 Å². The molecule has 90 valence electrons. The molecule has 0 aliphatic heterocycles. The maximum Gasteiger partial charge on any atom is 0.234 e. The summed E-state index contributed by atoms with van der Waals surface area (Å²) in [6.45, 7) is 11.6. The van der Waals surface area contributed by atoms with Crippen molar-refractivity contribution in [2.75, 3.05) is 19.7 Å². The van der Waals surface area contributed by atoms with Crippen molar-refractivity contribution in [2.24, 2.45) is 0 Å². The van der Waals surface area contributed by atoms with Crippen LogP contribution in [0.5, 0.6) is 0 Å². The maximum atomic E-state index is 11.4. The SMILES string of the molecule is CCOC(C)CNC(=O)CNC(C)(C)C. The van der Waals surface area contributed by atoms with Gasteiger partial charge in [0.1, 0.15) is 0 Å². The Morgan fingerprint density at radius 1 is 1.40 bits per heavy atom. The van der Waals surface area contributed by atoms with Crippen LogP contribution in [0.2, 0.25) is 0 Å². The van der Waals surface area contributed by atoms with Crippen LogP contribution in [-0.2, 0) is 9.53 Å². The molecule has 0 radical (unpaired) electrons. The first-order valence-corrected chi connectivity index (χ1v) is 5.48. The van der Waals surface area contributed by atoms with Gasteiger partial charge in [-0.25, -0.2) is 0 Å². The van der Waals surface area contributed by atoms with Crippen molar-refractivity contribution in [3.8, 4) is 0 Å². The van der Waals surface area contributed by atoms with Gasteiger partial charge in [0.2, 0.25) is 5.91 Å². The Morgan fingerprint density at radius 3 is 2.47 bits per heavy atom. The molecule has 0 saturated heterocycles. The van der Waals surface area contributed by atoms with Crippen molar-refractivity contribution in [1.82, 2.24) is 10.6 Å². The number of nitrogens with one attached hydrogen (secondary N) is 2. The molecule has 0 saturated carbocycles. The number of rotatable bonds is 6. The average Bonchev–Trinajstić information content (AvgIpc) is 2.11. The predicted octanol–water partition coefficient (Wildman–Crippen LogP) is 0.916. The molecule has 4 heteroatoms. The third kappa shape index (κ3) is 9.69. The standard InChI is InChI=1S/C11H24N2O2/c1-6-15-9(2)7-12-10(14)8-13-11(3,4)5/h9,13H,6-8H2,1-5H3,(H,12,14). The molecule has 0 aromatic heterocycles. The summed E-state index contributed by atoms with van der Waals surface area (Å²) in [4.78, 5) is 11.4. The first kappa shape index (κ1) is 14.4. The highest BCUT2D eigenvalue weighted by molar-refractivity contribution is 5.78. The minimum atomic E-state index is -0.0249. The molecule has 1 amide bonds. The lowest BCUT2D eigenvalue weighted by molar-refractivity contribution is -0.121. The molecule has 2 N–H and O–H groups in total. The van der Waals surface area contributed by atoms with Crippen LogP contribution in [0.3, 0.4) is 0 Å². The number of carbonyl (C=O) groups excluding carboxylic acids is 1. The summed E-state index contributed by atoms with van der Waals surface area (Å²) in [5.41, 5.74) is -0.0249. The number of ether oxygens (including phenoxy) is 1. The minimum Gasteiger partial charge on any atom is -0.377 e. The van der Waals surface area contributed by atoms with Gasteiger partial charge in [0.05, 0.1) is 12.6 Å². The molecule has 1 unspecified atom stereocenters. The van der Waals surface area contributed by atoms with Gasteiger partial charge in [0.25, 0.3) is 0 Å². The van der Waals surface area contributed by atoms with E-state index in [0.717, 1.165) is 0 Å². The second-order valence-electron chi connectivity index (χ2n) is 4.67. The third-order valence-electron chi connectivity index (χ3n) is 1.82. The Hall–Kier alpha value is -0.610. The summed E-state index contributed by atoms with van der Waals surface area (Å²) in [6.07, 6.45) is 0.0774. The van der Waals surface area contributed by atoms with E-state index in [-0.39, 0.29) is 17.6 Å². The lowest BCUT2D eigenvalue weighted by Gasteiger charge is -2.20. The van der Waals surface area contributed by atoms with Crippen LogP contribution in [0.15, 0.2) is 0 Å². The van der Waals surface area contributed by atoms with E-state index < -0.39 is 0 Å². The van der Waals surface area contributed by atoms with Gasteiger partial charge in [-0.2, -0.15) is 0 Å². The molecule has 4 nitrogen and oxygen atoms in total. The van der Waals surface area contributed by atoms with Crippen molar-refractivity contribution in [3.05, 3.63) is 0 Å². The normalized spacial score (nSPS) is 13.7. The lowest BCUT2D eigenvalue weighted by Crippen LogP contribution is -2.44. The fraction of sp³-hybridized carbons (Fsp3) is 0.909. The number of amides is 1. The predicted molar refractivity (Wildman–Crippen MR) is 61.9 cm³/mol. The Kier molecular flexibility index (Phi) is 6.52. The topological polar surface area (TPSA) is 50.4 Å². The van der Waals surface area contributed by atoms with E-state index in [1.807, 2.05) is 34.6 Å². The summed E-state index contributed by atoms with van der Waals surface area (Å²) in [5, 5.41) is 5.94. The Bertz CT molecular complexity index is 188. The van der Waals surface area contributed by atoms with Crippen LogP contribution >= 0.6 is 0 Å². The molecule has 0 rings (SSSR count). The van der Waals surface area contributed by atoms with E-state index in [1.165, 1.54) is 0 Å². The first-order valence-electron chi connectivity index (χ1n) is 5.48. The van der Waals surface area contributed by atoms with Crippen LogP contribution < -0.4 is 10.6 Å². The Balaban J connectivity index is 3.58. The zero-order chi connectivity index (χ0) is 11.9. The van der Waals surface area contributed by atoms with Crippen molar-refractivity contribution in [2.45, 2.75) is 46.3 Å². The summed E-state index contributed by atoms with van der Waals surface area (Å²) >= 11 is 0. The third-order valence-corrected chi connectivity index (χ3v) is 1.82. The van der Waals surface area contributed by atoms with Gasteiger partial charge in [0, 0.05) is 18.7 Å². The molecule has 15 heavy (non-hydrogen) atoms. The van der Waals surface area contributed by atoms with Gasteiger partial charge >= 0.3 is 0 Å². The van der Waals surface area contributed by atoms with Crippen molar-refractivity contribution in [1.29, 1.82) is 0 Å². The van der Waals surface area contributed by atoms with E-state index in [2.05, 4.69) is 10.6 Å². The number of hydrogen-bond acceptors (Lipinski definition) is 3. The molecule has 0 heterocycles. The van der Waals surface area contributed by atoms with Crippen LogP contribution in [0.25, 0.3) is 0 Å². The Morgan fingerprint density at radius 2 is 2.00 bits per heavy atom. The van der Waals surface area contributed by atoms with Gasteiger partial charge < -0.3 is 15.4 Å². The molecular formula is C11H24N2O2. The van der Waals surface area contributed by atoms with Crippen LogP contribution in [0.4, 0.5) is 0 Å². The highest BCUT2D eigenvalue weighted by Crippen LogP contribution is 1.96. The van der Waals surface area contributed by atoms with Crippen molar-refractivity contribution in [3.63, 3.8) is 0 Å². The quantitative estimate of drug-likeness (QED) is 0.694. The Labute approximate surface area is 92.8 Å². The minimum absolute atomic E-state index is 0.0106. The molecule has 0 spiro atoms. The zero-order valence-electron chi connectivity index (χ0n) is 10.5. The van der Waals surface area contributed by atoms with Gasteiger partial charge in [-0.1, -0.05) is 0 Å². The zero-order valence-corrected chi connectivity index (χ0v) is 10.5. The molecular weight excluding hydrogens is 192 g/mol. The number of hydrogen-bond donors (Lipinski definition) is 2. The maximum absolute atomic E-state index is 11.4. The molecule has 0 aromatic rings. The number of carbonyl (C=O) groups is 1. The molecule has 1 atom stereocenters. The summed E-state index contributed by atoms with van der Waals surface area (Å²) in [5.74, 6) is 0.0106. The summed E-state index contributed by atoms with van der Waals surface area (Å²) in [7, 11) is 0. The highest BCUT2D eigenvalue weighted by atomic mass is 16.5. The fourth-order valence-corrected chi connectivity index (χ4v) is 1.01. The van der Waals surface area contributed by atoms with E-state index in [9.17, 15) is 4.79 Å². The second-order valence-corrected chi connectivity index (χ2v) is 4.67. The van der Waals surface area contributed by atoms with Gasteiger partial charge in [-0.15, -0.1) is 0 Å². The smallest absolute Gasteiger partial charge is 0.234 e.